The molecule has 5 N–H and O–H groups in total. The number of imidazole rings is 1. The number of aliphatic hydroxyl groups is 1. The minimum absolute atomic E-state index is 0.160. The monoisotopic (exact) mass is 610 g/mol. The number of aliphatic hydroxyl groups excluding tert-OH is 1. The van der Waals surface area contributed by atoms with Gasteiger partial charge in [0.2, 0.25) is 0 Å². The summed E-state index contributed by atoms with van der Waals surface area (Å²) in [5.74, 6) is 0.771. The number of aromatic nitrogens is 3. The Morgan fingerprint density at radius 2 is 1.89 bits per heavy atom. The van der Waals surface area contributed by atoms with Crippen molar-refractivity contribution in [2.45, 2.75) is 51.3 Å². The number of aromatic carboxylic acids is 1. The largest absolute Gasteiger partial charge is 0.477 e. The van der Waals surface area contributed by atoms with E-state index < -0.39 is 12.1 Å². The zero-order chi connectivity index (χ0) is 30.6. The number of carbonyl (C=O) groups is 1. The van der Waals surface area contributed by atoms with Crippen LogP contribution in [-0.2, 0) is 13.0 Å². The first-order valence-corrected chi connectivity index (χ1v) is 16.0. The van der Waals surface area contributed by atoms with Gasteiger partial charge in [0, 0.05) is 55.6 Å². The highest BCUT2D eigenvalue weighted by atomic mass is 32.1. The highest BCUT2D eigenvalue weighted by Gasteiger charge is 2.24. The predicted molar refractivity (Wildman–Crippen MR) is 176 cm³/mol. The normalized spacial score (nSPS) is 14.7. The van der Waals surface area contributed by atoms with Gasteiger partial charge in [-0.2, -0.15) is 0 Å². The van der Waals surface area contributed by atoms with Gasteiger partial charge in [-0.1, -0.05) is 67.9 Å². The van der Waals surface area contributed by atoms with Crippen LogP contribution < -0.4 is 16.0 Å². The summed E-state index contributed by atoms with van der Waals surface area (Å²) in [5.41, 5.74) is 10.7. The van der Waals surface area contributed by atoms with Crippen molar-refractivity contribution >= 4 is 39.0 Å². The van der Waals surface area contributed by atoms with Crippen LogP contribution in [0.3, 0.4) is 0 Å². The van der Waals surface area contributed by atoms with E-state index in [9.17, 15) is 15.0 Å². The lowest BCUT2D eigenvalue weighted by Gasteiger charge is -2.34. The fraction of sp³-hybridized carbons (Fsp3) is 0.324. The van der Waals surface area contributed by atoms with Gasteiger partial charge in [0.05, 0.1) is 11.8 Å². The maximum atomic E-state index is 11.7. The molecule has 9 nitrogen and oxygen atoms in total. The molecular formula is C34H38N6O3S. The minimum atomic E-state index is -1.01. The molecule has 0 amide bonds. The number of piperidine rings is 1. The van der Waals surface area contributed by atoms with Crippen molar-refractivity contribution in [3.63, 3.8) is 0 Å². The molecule has 1 saturated heterocycles. The van der Waals surface area contributed by atoms with Crippen molar-refractivity contribution in [3.05, 3.63) is 94.6 Å². The van der Waals surface area contributed by atoms with Crippen LogP contribution in [0.1, 0.15) is 58.7 Å². The van der Waals surface area contributed by atoms with Crippen LogP contribution >= 0.6 is 11.3 Å². The number of aryl methyl sites for hydroxylation is 1. The zero-order valence-corrected chi connectivity index (χ0v) is 25.6. The summed E-state index contributed by atoms with van der Waals surface area (Å²) >= 11 is 1.15. The number of pyridine rings is 1. The first kappa shape index (κ1) is 29.8. The van der Waals surface area contributed by atoms with Crippen LogP contribution in [0.2, 0.25) is 0 Å². The number of nitrogens with zero attached hydrogens (tertiary/aromatic N) is 4. The topological polar surface area (TPSA) is 130 Å². The summed E-state index contributed by atoms with van der Waals surface area (Å²) in [4.78, 5) is 24.2. The van der Waals surface area contributed by atoms with Crippen LogP contribution in [0.4, 0.5) is 11.5 Å². The SMILES string of the molecule is CCCc1cc(N2CCC(NCC(O)c3ccc(-c4nccn4Cc4ccccc4)cc3)CC2)nc2sc(C(=O)O)c(N)c12. The van der Waals surface area contributed by atoms with E-state index in [1.165, 1.54) is 5.56 Å². The molecule has 3 aromatic heterocycles. The van der Waals surface area contributed by atoms with Gasteiger partial charge in [0.25, 0.3) is 0 Å². The summed E-state index contributed by atoms with van der Waals surface area (Å²) < 4.78 is 2.13. The molecular weight excluding hydrogens is 572 g/mol. The molecule has 228 valence electrons. The Labute approximate surface area is 261 Å². The number of carboxylic acid groups (broad SMARTS) is 1. The van der Waals surface area contributed by atoms with E-state index in [0.717, 1.165) is 90.4 Å². The number of rotatable bonds is 11. The average molecular weight is 611 g/mol. The number of fused-ring (bicyclic) bond motifs is 1. The molecule has 0 spiro atoms. The molecule has 1 unspecified atom stereocenters. The van der Waals surface area contributed by atoms with Crippen LogP contribution in [0.5, 0.6) is 0 Å². The molecule has 4 heterocycles. The molecule has 1 aliphatic heterocycles. The molecule has 44 heavy (non-hydrogen) atoms. The number of nitrogens with one attached hydrogen (secondary N) is 1. The highest BCUT2D eigenvalue weighted by molar-refractivity contribution is 7.21. The first-order chi connectivity index (χ1) is 21.4. The molecule has 10 heteroatoms. The van der Waals surface area contributed by atoms with Crippen molar-refractivity contribution in [1.82, 2.24) is 19.9 Å². The first-order valence-electron chi connectivity index (χ1n) is 15.2. The Morgan fingerprint density at radius 1 is 1.14 bits per heavy atom. The van der Waals surface area contributed by atoms with Gasteiger partial charge >= 0.3 is 5.97 Å². The Kier molecular flexibility index (Phi) is 8.92. The van der Waals surface area contributed by atoms with Gasteiger partial charge in [0.15, 0.2) is 0 Å². The van der Waals surface area contributed by atoms with Crippen molar-refractivity contribution in [1.29, 1.82) is 0 Å². The van der Waals surface area contributed by atoms with Crippen LogP contribution in [0, 0.1) is 0 Å². The molecule has 1 aliphatic rings. The van der Waals surface area contributed by atoms with Gasteiger partial charge in [-0.25, -0.2) is 14.8 Å². The lowest BCUT2D eigenvalue weighted by atomic mass is 10.0. The summed E-state index contributed by atoms with van der Waals surface area (Å²) in [6.07, 6.45) is 6.80. The second-order valence-electron chi connectivity index (χ2n) is 11.4. The molecule has 1 fully saturated rings. The lowest BCUT2D eigenvalue weighted by Crippen LogP contribution is -2.44. The van der Waals surface area contributed by atoms with Crippen molar-refractivity contribution in [2.75, 3.05) is 30.3 Å². The number of nitrogen functional groups attached to an aromatic ring is 1. The van der Waals surface area contributed by atoms with Crippen LogP contribution in [-0.4, -0.2) is 56.4 Å². The van der Waals surface area contributed by atoms with E-state index in [1.807, 2.05) is 54.9 Å². The molecule has 0 bridgehead atoms. The number of anilines is 2. The molecule has 1 atom stereocenters. The quantitative estimate of drug-likeness (QED) is 0.149. The summed E-state index contributed by atoms with van der Waals surface area (Å²) in [6.45, 7) is 4.99. The van der Waals surface area contributed by atoms with Crippen molar-refractivity contribution < 1.29 is 15.0 Å². The molecule has 0 aliphatic carbocycles. The van der Waals surface area contributed by atoms with E-state index in [-0.39, 0.29) is 4.88 Å². The van der Waals surface area contributed by atoms with E-state index in [2.05, 4.69) is 44.9 Å². The summed E-state index contributed by atoms with van der Waals surface area (Å²) in [6, 6.07) is 20.7. The van der Waals surface area contributed by atoms with Crippen molar-refractivity contribution in [2.24, 2.45) is 0 Å². The third-order valence-corrected chi connectivity index (χ3v) is 9.45. The number of nitrogens with two attached hydrogens (primary N) is 1. The smallest absolute Gasteiger partial charge is 0.348 e. The van der Waals surface area contributed by atoms with Gasteiger partial charge < -0.3 is 30.7 Å². The maximum Gasteiger partial charge on any atom is 0.348 e. The number of thiophene rings is 1. The minimum Gasteiger partial charge on any atom is -0.477 e. The molecule has 6 rings (SSSR count). The second kappa shape index (κ2) is 13.2. The second-order valence-corrected chi connectivity index (χ2v) is 12.4. The van der Waals surface area contributed by atoms with E-state index in [1.54, 1.807) is 0 Å². The van der Waals surface area contributed by atoms with E-state index >= 15 is 0 Å². The lowest BCUT2D eigenvalue weighted by molar-refractivity contribution is 0.0703. The van der Waals surface area contributed by atoms with E-state index in [4.69, 9.17) is 10.7 Å². The molecule has 2 aromatic carbocycles. The van der Waals surface area contributed by atoms with E-state index in [0.29, 0.717) is 23.1 Å². The van der Waals surface area contributed by atoms with Crippen molar-refractivity contribution in [3.8, 4) is 11.4 Å². The summed E-state index contributed by atoms with van der Waals surface area (Å²) in [7, 11) is 0. The van der Waals surface area contributed by atoms with Gasteiger partial charge in [-0.15, -0.1) is 11.3 Å². The van der Waals surface area contributed by atoms with Crippen LogP contribution in [0.25, 0.3) is 21.6 Å². The third kappa shape index (κ3) is 6.33. The Morgan fingerprint density at radius 3 is 2.59 bits per heavy atom. The van der Waals surface area contributed by atoms with Crippen LogP contribution in [0.15, 0.2) is 73.1 Å². The Hall–Kier alpha value is -4.25. The fourth-order valence-corrected chi connectivity index (χ4v) is 6.99. The highest BCUT2D eigenvalue weighted by Crippen LogP contribution is 2.37. The number of benzene rings is 2. The Balaban J connectivity index is 1.04. The molecule has 5 aromatic rings. The van der Waals surface area contributed by atoms with Gasteiger partial charge in [0.1, 0.15) is 21.3 Å². The fourth-order valence-electron chi connectivity index (χ4n) is 6.01. The predicted octanol–water partition coefficient (Wildman–Crippen LogP) is 5.73. The third-order valence-electron chi connectivity index (χ3n) is 8.36. The maximum absolute atomic E-state index is 11.7. The zero-order valence-electron chi connectivity index (χ0n) is 24.8. The molecule has 0 saturated carbocycles. The molecule has 0 radical (unpaired) electrons. The Bertz CT molecular complexity index is 1730. The number of carboxylic acids is 1. The average Bonchev–Trinajstić information content (AvgIpc) is 3.65. The summed E-state index contributed by atoms with van der Waals surface area (Å²) in [5, 5.41) is 24.9. The van der Waals surface area contributed by atoms with Gasteiger partial charge in [-0.05, 0) is 42.0 Å². The standard InChI is InChI=1S/C34H38N6O3S/c1-2-6-25-19-28(38-33-29(25)30(35)31(44-33)34(42)43)39-16-13-26(14-17-39)37-20-27(41)23-9-11-24(12-10-23)32-36-15-18-40(32)21-22-7-4-3-5-8-22/h3-5,7-12,15,18-19,26-27,37,41H,2,6,13-14,16-17,20-21,35H2,1H3,(H,42,43). The number of hydrogen-bond donors (Lipinski definition) is 4. The van der Waals surface area contributed by atoms with Gasteiger partial charge in [-0.3, -0.25) is 0 Å². The number of hydrogen-bond acceptors (Lipinski definition) is 8.